The van der Waals surface area contributed by atoms with Crippen molar-refractivity contribution in [1.82, 2.24) is 0 Å². The number of benzene rings is 1. The van der Waals surface area contributed by atoms with Gasteiger partial charge in [0.2, 0.25) is 0 Å². The maximum absolute atomic E-state index is 8.48. The molecule has 1 rings (SSSR count). The molecule has 0 unspecified atom stereocenters. The Balaban J connectivity index is 2.61. The Morgan fingerprint density at radius 3 is 2.67 bits per heavy atom. The van der Waals surface area contributed by atoms with Crippen molar-refractivity contribution in [3.8, 4) is 6.07 Å². The SMILES string of the molecule is CC(C#N)=CSc1ccccc1. The fourth-order valence-electron chi connectivity index (χ4n) is 0.682. The van der Waals surface area contributed by atoms with Gasteiger partial charge in [0.15, 0.2) is 0 Å². The van der Waals surface area contributed by atoms with Crippen molar-refractivity contribution < 1.29 is 0 Å². The summed E-state index contributed by atoms with van der Waals surface area (Å²) in [6, 6.07) is 12.1. The Morgan fingerprint density at radius 1 is 1.42 bits per heavy atom. The standard InChI is InChI=1S/C10H9NS/c1-9(7-11)8-12-10-5-3-2-4-6-10/h2-6,8H,1H3. The highest BCUT2D eigenvalue weighted by Gasteiger charge is 1.88. The fraction of sp³-hybridized carbons (Fsp3) is 0.100. The summed E-state index contributed by atoms with van der Waals surface area (Å²) >= 11 is 1.57. The highest BCUT2D eigenvalue weighted by Crippen LogP contribution is 2.19. The number of nitrogens with zero attached hydrogens (tertiary/aromatic N) is 1. The zero-order valence-corrected chi connectivity index (χ0v) is 7.64. The van der Waals surface area contributed by atoms with E-state index < -0.39 is 0 Å². The van der Waals surface area contributed by atoms with Crippen LogP contribution in [-0.2, 0) is 0 Å². The van der Waals surface area contributed by atoms with E-state index in [1.54, 1.807) is 18.7 Å². The minimum Gasteiger partial charge on any atom is -0.193 e. The Labute approximate surface area is 76.7 Å². The zero-order chi connectivity index (χ0) is 8.81. The first-order chi connectivity index (χ1) is 5.83. The summed E-state index contributed by atoms with van der Waals surface area (Å²) in [6.45, 7) is 1.80. The molecule has 0 radical (unpaired) electrons. The average molecular weight is 175 g/mol. The van der Waals surface area contributed by atoms with Gasteiger partial charge in [-0.25, -0.2) is 0 Å². The van der Waals surface area contributed by atoms with E-state index in [4.69, 9.17) is 5.26 Å². The van der Waals surface area contributed by atoms with Crippen molar-refractivity contribution in [3.63, 3.8) is 0 Å². The summed E-state index contributed by atoms with van der Waals surface area (Å²) < 4.78 is 0. The van der Waals surface area contributed by atoms with Gasteiger partial charge in [-0.15, -0.1) is 0 Å². The second kappa shape index (κ2) is 4.63. The maximum Gasteiger partial charge on any atom is 0.0949 e. The van der Waals surface area contributed by atoms with Gasteiger partial charge in [-0.1, -0.05) is 30.0 Å². The van der Waals surface area contributed by atoms with Gasteiger partial charge in [0.25, 0.3) is 0 Å². The first kappa shape index (κ1) is 8.89. The lowest BCUT2D eigenvalue weighted by molar-refractivity contribution is 1.45. The molecule has 0 aliphatic carbocycles. The Morgan fingerprint density at radius 2 is 2.08 bits per heavy atom. The lowest BCUT2D eigenvalue weighted by Crippen LogP contribution is -1.67. The molecule has 1 nitrogen and oxygen atoms in total. The monoisotopic (exact) mass is 175 g/mol. The molecule has 0 saturated carbocycles. The average Bonchev–Trinajstić information content (AvgIpc) is 2.16. The number of allylic oxidation sites excluding steroid dienone is 1. The molecule has 0 aliphatic rings. The molecule has 12 heavy (non-hydrogen) atoms. The minimum absolute atomic E-state index is 0.740. The lowest BCUT2D eigenvalue weighted by atomic mass is 10.4. The number of thioether (sulfide) groups is 1. The first-order valence-corrected chi connectivity index (χ1v) is 4.49. The minimum atomic E-state index is 0.740. The third kappa shape index (κ3) is 2.81. The molecule has 1 aromatic rings. The van der Waals surface area contributed by atoms with Crippen LogP contribution >= 0.6 is 11.8 Å². The van der Waals surface area contributed by atoms with Gasteiger partial charge in [0.05, 0.1) is 6.07 Å². The predicted octanol–water partition coefficient (Wildman–Crippen LogP) is 3.21. The van der Waals surface area contributed by atoms with Gasteiger partial charge in [-0.3, -0.25) is 0 Å². The molecule has 0 spiro atoms. The highest BCUT2D eigenvalue weighted by atomic mass is 32.2. The summed E-state index contributed by atoms with van der Waals surface area (Å²) in [7, 11) is 0. The largest absolute Gasteiger partial charge is 0.193 e. The van der Waals surface area contributed by atoms with Gasteiger partial charge >= 0.3 is 0 Å². The number of nitriles is 1. The van der Waals surface area contributed by atoms with Crippen molar-refractivity contribution in [2.24, 2.45) is 0 Å². The first-order valence-electron chi connectivity index (χ1n) is 3.61. The number of rotatable bonds is 2. The van der Waals surface area contributed by atoms with E-state index in [0.717, 1.165) is 10.5 Å². The summed E-state index contributed by atoms with van der Waals surface area (Å²) in [5.41, 5.74) is 0.740. The van der Waals surface area contributed by atoms with Crippen LogP contribution in [0.5, 0.6) is 0 Å². The van der Waals surface area contributed by atoms with Crippen molar-refractivity contribution in [3.05, 3.63) is 41.3 Å². The van der Waals surface area contributed by atoms with E-state index in [-0.39, 0.29) is 0 Å². The van der Waals surface area contributed by atoms with Crippen molar-refractivity contribution in [1.29, 1.82) is 5.26 Å². The molecule has 0 atom stereocenters. The van der Waals surface area contributed by atoms with Crippen LogP contribution in [0.1, 0.15) is 6.92 Å². The molecule has 0 N–H and O–H groups in total. The molecule has 60 valence electrons. The molecule has 0 bridgehead atoms. The Bertz CT molecular complexity index is 308. The van der Waals surface area contributed by atoms with E-state index >= 15 is 0 Å². The molecule has 1 aromatic carbocycles. The van der Waals surface area contributed by atoms with Gasteiger partial charge in [0.1, 0.15) is 0 Å². The second-order valence-electron chi connectivity index (χ2n) is 2.34. The van der Waals surface area contributed by atoms with Crippen LogP contribution in [0.15, 0.2) is 46.2 Å². The number of hydrogen-bond donors (Lipinski definition) is 0. The van der Waals surface area contributed by atoms with E-state index in [9.17, 15) is 0 Å². The fourth-order valence-corrected chi connectivity index (χ4v) is 1.36. The van der Waals surface area contributed by atoms with Crippen LogP contribution < -0.4 is 0 Å². The Hall–Kier alpha value is -1.20. The zero-order valence-electron chi connectivity index (χ0n) is 6.82. The van der Waals surface area contributed by atoms with E-state index in [0.29, 0.717) is 0 Å². The van der Waals surface area contributed by atoms with Gasteiger partial charge in [-0.2, -0.15) is 5.26 Å². The lowest BCUT2D eigenvalue weighted by Gasteiger charge is -1.93. The van der Waals surface area contributed by atoms with Gasteiger partial charge < -0.3 is 0 Å². The summed E-state index contributed by atoms with van der Waals surface area (Å²) in [5, 5.41) is 10.3. The second-order valence-corrected chi connectivity index (χ2v) is 3.29. The quantitative estimate of drug-likeness (QED) is 0.509. The topological polar surface area (TPSA) is 23.8 Å². The molecule has 0 fully saturated rings. The van der Waals surface area contributed by atoms with Crippen molar-refractivity contribution in [2.75, 3.05) is 0 Å². The van der Waals surface area contributed by atoms with Crippen molar-refractivity contribution >= 4 is 11.8 Å². The third-order valence-electron chi connectivity index (χ3n) is 1.29. The molecular formula is C10H9NS. The summed E-state index contributed by atoms with van der Waals surface area (Å²) in [6.07, 6.45) is 0. The number of hydrogen-bond acceptors (Lipinski definition) is 2. The van der Waals surface area contributed by atoms with Gasteiger partial charge in [0, 0.05) is 10.5 Å². The molecule has 0 amide bonds. The summed E-state index contributed by atoms with van der Waals surface area (Å²) in [4.78, 5) is 1.16. The van der Waals surface area contributed by atoms with E-state index in [1.807, 2.05) is 35.7 Å². The highest BCUT2D eigenvalue weighted by molar-refractivity contribution is 8.02. The Kier molecular flexibility index (Phi) is 3.43. The van der Waals surface area contributed by atoms with E-state index in [2.05, 4.69) is 6.07 Å². The van der Waals surface area contributed by atoms with Crippen molar-refractivity contribution in [2.45, 2.75) is 11.8 Å². The molecule has 2 heteroatoms. The van der Waals surface area contributed by atoms with Gasteiger partial charge in [-0.05, 0) is 24.5 Å². The maximum atomic E-state index is 8.48. The third-order valence-corrected chi connectivity index (χ3v) is 2.31. The van der Waals surface area contributed by atoms with Crippen LogP contribution in [-0.4, -0.2) is 0 Å². The smallest absolute Gasteiger partial charge is 0.0949 e. The van der Waals surface area contributed by atoms with Crippen LogP contribution in [0.4, 0.5) is 0 Å². The molecule has 0 aromatic heterocycles. The van der Waals surface area contributed by atoms with E-state index in [1.165, 1.54) is 0 Å². The van der Waals surface area contributed by atoms with Crippen LogP contribution in [0, 0.1) is 11.3 Å². The van der Waals surface area contributed by atoms with Crippen LogP contribution in [0.3, 0.4) is 0 Å². The molecular weight excluding hydrogens is 166 g/mol. The molecule has 0 saturated heterocycles. The van der Waals surface area contributed by atoms with Crippen LogP contribution in [0.25, 0.3) is 0 Å². The molecule has 0 aliphatic heterocycles. The molecule has 0 heterocycles. The predicted molar refractivity (Wildman–Crippen MR) is 51.7 cm³/mol. The summed E-state index contributed by atoms with van der Waals surface area (Å²) in [5.74, 6) is 0. The van der Waals surface area contributed by atoms with Crippen LogP contribution in [0.2, 0.25) is 0 Å². The normalized spacial score (nSPS) is 10.8.